The van der Waals surface area contributed by atoms with E-state index >= 15 is 0 Å². The second-order valence-electron chi connectivity index (χ2n) is 10.8. The van der Waals surface area contributed by atoms with Gasteiger partial charge in [-0.1, -0.05) is 140 Å². The lowest BCUT2D eigenvalue weighted by Crippen LogP contribution is -2.34. The van der Waals surface area contributed by atoms with Crippen molar-refractivity contribution < 1.29 is 0 Å². The van der Waals surface area contributed by atoms with E-state index in [1.54, 1.807) is 0 Å². The van der Waals surface area contributed by atoms with Crippen molar-refractivity contribution in [2.75, 3.05) is 0 Å². The lowest BCUT2D eigenvalue weighted by atomic mass is 9.63. The smallest absolute Gasteiger partial charge is 0.145 e. The van der Waals surface area contributed by atoms with E-state index in [-0.39, 0.29) is 0 Å². The van der Waals surface area contributed by atoms with Crippen molar-refractivity contribution in [2.24, 2.45) is 0 Å². The normalized spacial score (nSPS) is 19.4. The number of allylic oxidation sites excluding steroid dienone is 5. The minimum Gasteiger partial charge on any atom is -0.292 e. The zero-order valence-corrected chi connectivity index (χ0v) is 22.7. The predicted octanol–water partition coefficient (Wildman–Crippen LogP) is 9.40. The first-order valence-electron chi connectivity index (χ1n) is 14.2. The molecule has 2 aliphatic rings. The maximum absolute atomic E-state index is 5.23. The van der Waals surface area contributed by atoms with Gasteiger partial charge in [-0.3, -0.25) is 4.57 Å². The van der Waals surface area contributed by atoms with Crippen LogP contribution in [0.5, 0.6) is 0 Å². The largest absolute Gasteiger partial charge is 0.292 e. The maximum Gasteiger partial charge on any atom is 0.145 e. The Hall–Kier alpha value is -5.21. The Morgan fingerprint density at radius 3 is 2.10 bits per heavy atom. The standard InChI is InChI=1S/C39H28N2/c1-27-30(28-15-4-2-5-16-28)19-12-13-26-39(32-21-9-8-20-31(27)32)33-22-10-11-25-36(33)41-37-34(39)23-14-24-35(37)40-38(41)29-17-6-3-7-18-29/h2-25H,1,26H2/b13-12-,30-19+. The fourth-order valence-corrected chi connectivity index (χ4v) is 6.94. The van der Waals surface area contributed by atoms with Gasteiger partial charge in [0.2, 0.25) is 0 Å². The average molecular weight is 525 g/mol. The summed E-state index contributed by atoms with van der Waals surface area (Å²) in [4.78, 5) is 5.23. The molecule has 1 aliphatic heterocycles. The summed E-state index contributed by atoms with van der Waals surface area (Å²) in [5, 5.41) is 0. The molecule has 2 heteroatoms. The molecule has 1 atom stereocenters. The molecule has 6 aromatic rings. The Balaban J connectivity index is 1.47. The van der Waals surface area contributed by atoms with Crippen molar-refractivity contribution >= 4 is 22.2 Å². The summed E-state index contributed by atoms with van der Waals surface area (Å²) < 4.78 is 2.38. The van der Waals surface area contributed by atoms with Gasteiger partial charge in [-0.2, -0.15) is 0 Å². The van der Waals surface area contributed by atoms with Gasteiger partial charge in [-0.15, -0.1) is 0 Å². The highest BCUT2D eigenvalue weighted by Crippen LogP contribution is 2.54. The summed E-state index contributed by atoms with van der Waals surface area (Å²) in [6.07, 6.45) is 7.58. The molecule has 194 valence electrons. The van der Waals surface area contributed by atoms with Crippen LogP contribution >= 0.6 is 0 Å². The molecule has 0 saturated carbocycles. The predicted molar refractivity (Wildman–Crippen MR) is 170 cm³/mol. The quantitative estimate of drug-likeness (QED) is 0.221. The number of para-hydroxylation sites is 2. The molecule has 0 N–H and O–H groups in total. The third-order valence-electron chi connectivity index (χ3n) is 8.72. The number of fused-ring (bicyclic) bond motifs is 6. The number of rotatable bonds is 2. The van der Waals surface area contributed by atoms with Gasteiger partial charge in [0.05, 0.1) is 22.1 Å². The average Bonchev–Trinajstić information content (AvgIpc) is 3.45. The van der Waals surface area contributed by atoms with Crippen LogP contribution in [0.4, 0.5) is 0 Å². The minimum absolute atomic E-state index is 0.421. The third kappa shape index (κ3) is 3.41. The molecule has 1 spiro atoms. The molecule has 1 aliphatic carbocycles. The first kappa shape index (κ1) is 23.7. The summed E-state index contributed by atoms with van der Waals surface area (Å²) in [6, 6.07) is 45.5. The molecule has 1 unspecified atom stereocenters. The second-order valence-corrected chi connectivity index (χ2v) is 10.8. The van der Waals surface area contributed by atoms with Gasteiger partial charge < -0.3 is 0 Å². The zero-order valence-electron chi connectivity index (χ0n) is 22.7. The molecular formula is C39H28N2. The van der Waals surface area contributed by atoms with Gasteiger partial charge in [0.1, 0.15) is 5.82 Å². The van der Waals surface area contributed by atoms with E-state index in [1.165, 1.54) is 39.0 Å². The van der Waals surface area contributed by atoms with Crippen LogP contribution in [0.25, 0.3) is 39.3 Å². The van der Waals surface area contributed by atoms with Crippen LogP contribution in [0.3, 0.4) is 0 Å². The van der Waals surface area contributed by atoms with E-state index in [4.69, 9.17) is 11.6 Å². The summed E-state index contributed by atoms with van der Waals surface area (Å²) in [5.41, 5.74) is 12.4. The molecule has 1 aromatic heterocycles. The zero-order chi connectivity index (χ0) is 27.4. The number of benzene rings is 5. The number of nitrogens with zero attached hydrogens (tertiary/aromatic N) is 2. The molecule has 0 bridgehead atoms. The lowest BCUT2D eigenvalue weighted by molar-refractivity contribution is 0.616. The Morgan fingerprint density at radius 2 is 1.29 bits per heavy atom. The van der Waals surface area contributed by atoms with E-state index < -0.39 is 5.41 Å². The van der Waals surface area contributed by atoms with Gasteiger partial charge >= 0.3 is 0 Å². The number of aromatic nitrogens is 2. The number of hydrogen-bond donors (Lipinski definition) is 0. The second kappa shape index (κ2) is 9.18. The Bertz CT molecular complexity index is 2030. The number of imidazole rings is 1. The molecule has 5 aromatic carbocycles. The van der Waals surface area contributed by atoms with Crippen LogP contribution < -0.4 is 0 Å². The highest BCUT2D eigenvalue weighted by molar-refractivity contribution is 6.06. The maximum atomic E-state index is 5.23. The Kier molecular flexibility index (Phi) is 5.30. The molecule has 2 heterocycles. The highest BCUT2D eigenvalue weighted by Gasteiger charge is 2.44. The van der Waals surface area contributed by atoms with Crippen molar-refractivity contribution in [1.82, 2.24) is 9.55 Å². The van der Waals surface area contributed by atoms with Crippen molar-refractivity contribution in [1.29, 1.82) is 0 Å². The Morgan fingerprint density at radius 1 is 0.634 bits per heavy atom. The van der Waals surface area contributed by atoms with Crippen molar-refractivity contribution in [3.8, 4) is 17.1 Å². The fraction of sp³-hybridized carbons (Fsp3) is 0.0513. The van der Waals surface area contributed by atoms with Gasteiger partial charge in [-0.05, 0) is 57.5 Å². The fourth-order valence-electron chi connectivity index (χ4n) is 6.94. The molecule has 0 saturated heterocycles. The van der Waals surface area contributed by atoms with Crippen LogP contribution in [0, 0.1) is 0 Å². The molecular weight excluding hydrogens is 496 g/mol. The van der Waals surface area contributed by atoms with Crippen LogP contribution in [0.15, 0.2) is 152 Å². The monoisotopic (exact) mass is 524 g/mol. The lowest BCUT2D eigenvalue weighted by Gasteiger charge is -2.41. The van der Waals surface area contributed by atoms with Crippen LogP contribution in [0.1, 0.15) is 34.2 Å². The summed E-state index contributed by atoms with van der Waals surface area (Å²) in [7, 11) is 0. The van der Waals surface area contributed by atoms with Crippen LogP contribution in [-0.4, -0.2) is 9.55 Å². The first-order valence-corrected chi connectivity index (χ1v) is 14.2. The molecule has 2 nitrogen and oxygen atoms in total. The molecule has 0 amide bonds. The molecule has 8 rings (SSSR count). The highest BCUT2D eigenvalue weighted by atomic mass is 15.1. The Labute approximate surface area is 240 Å². The summed E-state index contributed by atoms with van der Waals surface area (Å²) >= 11 is 0. The van der Waals surface area contributed by atoms with E-state index in [0.29, 0.717) is 0 Å². The summed E-state index contributed by atoms with van der Waals surface area (Å²) in [5.74, 6) is 0.972. The summed E-state index contributed by atoms with van der Waals surface area (Å²) in [6.45, 7) is 4.71. The number of hydrogen-bond acceptors (Lipinski definition) is 1. The van der Waals surface area contributed by atoms with Crippen molar-refractivity contribution in [2.45, 2.75) is 11.8 Å². The van der Waals surface area contributed by atoms with E-state index in [1.807, 2.05) is 0 Å². The van der Waals surface area contributed by atoms with Gasteiger partial charge in [0.15, 0.2) is 0 Å². The van der Waals surface area contributed by atoms with Crippen molar-refractivity contribution in [3.05, 3.63) is 180 Å². The van der Waals surface area contributed by atoms with E-state index in [2.05, 4.69) is 150 Å². The minimum atomic E-state index is -0.421. The first-order chi connectivity index (χ1) is 20.3. The van der Waals surface area contributed by atoms with Gasteiger partial charge in [0.25, 0.3) is 0 Å². The molecule has 0 fully saturated rings. The van der Waals surface area contributed by atoms with Crippen LogP contribution in [0.2, 0.25) is 0 Å². The molecule has 0 radical (unpaired) electrons. The van der Waals surface area contributed by atoms with Gasteiger partial charge in [-0.25, -0.2) is 4.98 Å². The van der Waals surface area contributed by atoms with E-state index in [0.717, 1.165) is 34.5 Å². The van der Waals surface area contributed by atoms with Crippen molar-refractivity contribution in [3.63, 3.8) is 0 Å². The van der Waals surface area contributed by atoms with Gasteiger partial charge in [0, 0.05) is 5.56 Å². The van der Waals surface area contributed by atoms with Crippen LogP contribution in [-0.2, 0) is 5.41 Å². The SMILES string of the molecule is C=C1/C(c2ccccc2)=C\C=C/CC2(c3ccccc31)c1ccccc1-n1c(-c3ccccc3)nc3cccc2c31. The third-order valence-corrected chi connectivity index (χ3v) is 8.72. The molecule has 41 heavy (non-hydrogen) atoms. The van der Waals surface area contributed by atoms with E-state index in [9.17, 15) is 0 Å². The topological polar surface area (TPSA) is 17.8 Å².